The molecule has 0 bridgehead atoms. The highest BCUT2D eigenvalue weighted by Crippen LogP contribution is 2.20. The van der Waals surface area contributed by atoms with Crippen molar-refractivity contribution in [1.29, 1.82) is 0 Å². The van der Waals surface area contributed by atoms with Gasteiger partial charge in [-0.15, -0.1) is 0 Å². The molecule has 0 unspecified atom stereocenters. The molecule has 0 aliphatic heterocycles. The van der Waals surface area contributed by atoms with Crippen LogP contribution in [0, 0.1) is 0 Å². The molecule has 0 fully saturated rings. The van der Waals surface area contributed by atoms with Gasteiger partial charge < -0.3 is 15.2 Å². The second-order valence-electron chi connectivity index (χ2n) is 3.52. The van der Waals surface area contributed by atoms with E-state index in [1.165, 1.54) is 0 Å². The van der Waals surface area contributed by atoms with Gasteiger partial charge in [0.25, 0.3) is 0 Å². The van der Waals surface area contributed by atoms with Gasteiger partial charge in [0.2, 0.25) is 5.91 Å². The monoisotopic (exact) mass is 241 g/mol. The number of benzene rings is 1. The van der Waals surface area contributed by atoms with Crippen molar-refractivity contribution in [3.8, 4) is 0 Å². The third-order valence-corrected chi connectivity index (χ3v) is 2.27. The number of aliphatic carboxylic acids is 1. The first-order valence-electron chi connectivity index (χ1n) is 5.20. The predicted octanol–water partition coefficient (Wildman–Crippen LogP) is 0.479. The Morgan fingerprint density at radius 1 is 1.17 bits per heavy atom. The van der Waals surface area contributed by atoms with E-state index in [2.05, 4.69) is 10.3 Å². The van der Waals surface area contributed by atoms with E-state index in [-0.39, 0.29) is 0 Å². The number of carbonyl (C=O) groups excluding carboxylic acids is 2. The fourth-order valence-electron chi connectivity index (χ4n) is 1.53. The van der Waals surface area contributed by atoms with E-state index in [9.17, 15) is 14.7 Å². The summed E-state index contributed by atoms with van der Waals surface area (Å²) in [6.45, 7) is 0. The number of hydrogen-bond donors (Lipinski definition) is 1. The number of nitrogens with one attached hydrogen (secondary N) is 1. The van der Waals surface area contributed by atoms with Gasteiger partial charge in [-0.05, 0) is 30.3 Å². The van der Waals surface area contributed by atoms with Crippen LogP contribution in [0.25, 0.3) is 10.9 Å². The van der Waals surface area contributed by atoms with Crippen molar-refractivity contribution < 1.29 is 14.7 Å². The molecule has 18 heavy (non-hydrogen) atoms. The van der Waals surface area contributed by atoms with E-state index in [1.807, 2.05) is 12.1 Å². The third-order valence-electron chi connectivity index (χ3n) is 2.27. The van der Waals surface area contributed by atoms with Crippen LogP contribution in [0.4, 0.5) is 5.69 Å². The Labute approximate surface area is 103 Å². The molecular weight excluding hydrogens is 232 g/mol. The number of rotatable bonds is 3. The summed E-state index contributed by atoms with van der Waals surface area (Å²) in [5.41, 5.74) is 1.33. The quantitative estimate of drug-likeness (QED) is 0.792. The second kappa shape index (κ2) is 5.09. The normalized spacial score (nSPS) is 10.7. The summed E-state index contributed by atoms with van der Waals surface area (Å²) in [5.74, 6) is -1.94. The van der Waals surface area contributed by atoms with Gasteiger partial charge in [-0.2, -0.15) is 0 Å². The Kier molecular flexibility index (Phi) is 3.33. The summed E-state index contributed by atoms with van der Waals surface area (Å²) in [5, 5.41) is 13.6. The van der Waals surface area contributed by atoms with E-state index >= 15 is 0 Å². The number of carboxylic acid groups (broad SMARTS) is 1. The topological polar surface area (TPSA) is 82.1 Å². The number of aromatic nitrogens is 1. The number of anilines is 1. The van der Waals surface area contributed by atoms with Crippen LogP contribution in [0.3, 0.4) is 0 Å². The first-order chi connectivity index (χ1) is 8.66. The molecule has 2 rings (SSSR count). The first kappa shape index (κ1) is 11.8. The van der Waals surface area contributed by atoms with E-state index < -0.39 is 11.9 Å². The first-order valence-corrected chi connectivity index (χ1v) is 5.20. The van der Waals surface area contributed by atoms with E-state index in [0.29, 0.717) is 11.8 Å². The summed E-state index contributed by atoms with van der Waals surface area (Å²) in [7, 11) is 0. The number of carbonyl (C=O) groups is 2. The minimum atomic E-state index is -1.41. The van der Waals surface area contributed by atoms with Crippen LogP contribution in [0.2, 0.25) is 0 Å². The standard InChI is InChI=1S/C13H10N2O3/c16-12(6-7-13(17)18)15-11-5-1-4-10-9(11)3-2-8-14-10/h1-8H,(H,15,16)(H,17,18)/p-1/b7-6+. The smallest absolute Gasteiger partial charge is 0.248 e. The highest BCUT2D eigenvalue weighted by Gasteiger charge is 2.03. The number of hydrogen-bond acceptors (Lipinski definition) is 4. The third kappa shape index (κ3) is 2.70. The van der Waals surface area contributed by atoms with Gasteiger partial charge in [-0.25, -0.2) is 0 Å². The SMILES string of the molecule is O=C([O-])/C=C/C(=O)Nc1cccc2ncccc12. The van der Waals surface area contributed by atoms with Gasteiger partial charge in [0.1, 0.15) is 0 Å². The van der Waals surface area contributed by atoms with Crippen LogP contribution in [0.5, 0.6) is 0 Å². The van der Waals surface area contributed by atoms with E-state index in [4.69, 9.17) is 0 Å². The van der Waals surface area contributed by atoms with Crippen molar-refractivity contribution in [3.05, 3.63) is 48.7 Å². The van der Waals surface area contributed by atoms with Crippen LogP contribution < -0.4 is 10.4 Å². The summed E-state index contributed by atoms with van der Waals surface area (Å²) in [4.78, 5) is 25.8. The van der Waals surface area contributed by atoms with Crippen molar-refractivity contribution in [3.63, 3.8) is 0 Å². The van der Waals surface area contributed by atoms with E-state index in [1.54, 1.807) is 24.4 Å². The number of carboxylic acids is 1. The molecule has 0 spiro atoms. The fourth-order valence-corrected chi connectivity index (χ4v) is 1.53. The van der Waals surface area contributed by atoms with Gasteiger partial charge in [-0.3, -0.25) is 9.78 Å². The van der Waals surface area contributed by atoms with E-state index in [0.717, 1.165) is 17.0 Å². The maximum absolute atomic E-state index is 11.5. The van der Waals surface area contributed by atoms with Crippen LogP contribution in [-0.4, -0.2) is 16.9 Å². The lowest BCUT2D eigenvalue weighted by molar-refractivity contribution is -0.297. The Morgan fingerprint density at radius 2 is 2.00 bits per heavy atom. The van der Waals surface area contributed by atoms with Crippen molar-refractivity contribution in [2.75, 3.05) is 5.32 Å². The predicted molar refractivity (Wildman–Crippen MR) is 64.5 cm³/mol. The number of amides is 1. The molecule has 1 N–H and O–H groups in total. The number of nitrogens with zero attached hydrogens (tertiary/aromatic N) is 1. The van der Waals surface area contributed by atoms with Gasteiger partial charge in [0, 0.05) is 17.7 Å². The molecule has 2 aromatic rings. The summed E-state index contributed by atoms with van der Waals surface area (Å²) < 4.78 is 0. The zero-order valence-electron chi connectivity index (χ0n) is 9.29. The number of fused-ring (bicyclic) bond motifs is 1. The molecule has 0 radical (unpaired) electrons. The zero-order chi connectivity index (χ0) is 13.0. The average Bonchev–Trinajstić information content (AvgIpc) is 2.37. The summed E-state index contributed by atoms with van der Waals surface area (Å²) >= 11 is 0. The highest BCUT2D eigenvalue weighted by molar-refractivity contribution is 6.06. The van der Waals surface area contributed by atoms with Gasteiger partial charge in [0.05, 0.1) is 17.2 Å². The van der Waals surface area contributed by atoms with Crippen molar-refractivity contribution in [2.45, 2.75) is 0 Å². The Morgan fingerprint density at radius 3 is 2.78 bits per heavy atom. The lowest BCUT2D eigenvalue weighted by Crippen LogP contribution is -2.20. The van der Waals surface area contributed by atoms with Crippen molar-refractivity contribution in [2.24, 2.45) is 0 Å². The Balaban J connectivity index is 2.27. The molecule has 0 aliphatic rings. The largest absolute Gasteiger partial charge is 0.545 e. The molecule has 0 saturated heterocycles. The minimum absolute atomic E-state index is 0.532. The Hall–Kier alpha value is -2.69. The van der Waals surface area contributed by atoms with Crippen molar-refractivity contribution in [1.82, 2.24) is 4.98 Å². The van der Waals surface area contributed by atoms with Crippen LogP contribution in [0.1, 0.15) is 0 Å². The molecule has 1 amide bonds. The van der Waals surface area contributed by atoms with Gasteiger partial charge >= 0.3 is 0 Å². The lowest BCUT2D eigenvalue weighted by atomic mass is 10.2. The van der Waals surface area contributed by atoms with Gasteiger partial charge in [-0.1, -0.05) is 6.07 Å². The van der Waals surface area contributed by atoms with Crippen LogP contribution in [0.15, 0.2) is 48.7 Å². The molecule has 5 nitrogen and oxygen atoms in total. The molecule has 1 aromatic heterocycles. The maximum Gasteiger partial charge on any atom is 0.248 e. The molecule has 1 heterocycles. The number of pyridine rings is 1. The molecule has 0 saturated carbocycles. The average molecular weight is 241 g/mol. The molecule has 1 aromatic carbocycles. The fraction of sp³-hybridized carbons (Fsp3) is 0. The zero-order valence-corrected chi connectivity index (χ0v) is 9.29. The summed E-state index contributed by atoms with van der Waals surface area (Å²) in [6.07, 6.45) is 3.24. The highest BCUT2D eigenvalue weighted by atomic mass is 16.4. The lowest BCUT2D eigenvalue weighted by Gasteiger charge is -2.06. The molecular formula is C13H9N2O3-. The minimum Gasteiger partial charge on any atom is -0.545 e. The van der Waals surface area contributed by atoms with Crippen LogP contribution in [-0.2, 0) is 9.59 Å². The Bertz CT molecular complexity index is 630. The molecule has 90 valence electrons. The van der Waals surface area contributed by atoms with Crippen LogP contribution >= 0.6 is 0 Å². The molecule has 0 atom stereocenters. The van der Waals surface area contributed by atoms with Crippen molar-refractivity contribution >= 4 is 28.5 Å². The molecule has 0 aliphatic carbocycles. The maximum atomic E-state index is 11.5. The van der Waals surface area contributed by atoms with Gasteiger partial charge in [0.15, 0.2) is 0 Å². The molecule has 5 heteroatoms. The second-order valence-corrected chi connectivity index (χ2v) is 3.52. The summed E-state index contributed by atoms with van der Waals surface area (Å²) in [6, 6.07) is 8.87.